The minimum absolute atomic E-state index is 0.0355. The lowest BCUT2D eigenvalue weighted by atomic mass is 9.77. The first-order valence-electron chi connectivity index (χ1n) is 9.79. The van der Waals surface area contributed by atoms with Crippen molar-refractivity contribution in [1.82, 2.24) is 14.9 Å². The molecular weight excluding hydrogens is 426 g/mol. The van der Waals surface area contributed by atoms with E-state index in [1.54, 1.807) is 0 Å². The van der Waals surface area contributed by atoms with Crippen LogP contribution in [0.3, 0.4) is 0 Å². The fourth-order valence-corrected chi connectivity index (χ4v) is 4.36. The van der Waals surface area contributed by atoms with Crippen molar-refractivity contribution in [1.29, 1.82) is 0 Å². The largest absolute Gasteiger partial charge is 0.454 e. The van der Waals surface area contributed by atoms with Gasteiger partial charge in [-0.1, -0.05) is 0 Å². The molecule has 2 unspecified atom stereocenters. The number of ether oxygens (including phenoxy) is 1. The first kappa shape index (κ1) is 21.8. The van der Waals surface area contributed by atoms with Crippen molar-refractivity contribution in [2.45, 2.75) is 56.5 Å². The van der Waals surface area contributed by atoms with Gasteiger partial charge >= 0.3 is 12.2 Å². The van der Waals surface area contributed by atoms with Gasteiger partial charge < -0.3 is 10.5 Å². The van der Waals surface area contributed by atoms with E-state index in [9.17, 15) is 26.3 Å². The number of aromatic nitrogens is 2. The maximum Gasteiger partial charge on any atom is 0.422 e. The molecule has 0 bridgehead atoms. The number of hydrogen-bond donors (Lipinski definition) is 1. The van der Waals surface area contributed by atoms with Gasteiger partial charge in [-0.2, -0.15) is 18.2 Å². The molecule has 5 nitrogen and oxygen atoms in total. The molecule has 0 radical (unpaired) electrons. The van der Waals surface area contributed by atoms with Crippen molar-refractivity contribution in [2.24, 2.45) is 5.73 Å². The van der Waals surface area contributed by atoms with Crippen LogP contribution in [0.25, 0.3) is 0 Å². The fourth-order valence-electron chi connectivity index (χ4n) is 4.36. The Morgan fingerprint density at radius 2 is 1.81 bits per heavy atom. The molecule has 1 saturated carbocycles. The molecule has 1 aromatic carbocycles. The van der Waals surface area contributed by atoms with E-state index in [2.05, 4.69) is 19.6 Å². The predicted octanol–water partition coefficient (Wildman–Crippen LogP) is 3.81. The third kappa shape index (κ3) is 4.77. The third-order valence-electron chi connectivity index (χ3n) is 5.85. The van der Waals surface area contributed by atoms with Crippen LogP contribution in [0.4, 0.5) is 26.3 Å². The molecule has 1 aromatic heterocycles. The molecule has 2 heterocycles. The summed E-state index contributed by atoms with van der Waals surface area (Å²) in [5, 5.41) is 0. The molecule has 1 aliphatic heterocycles. The number of nitrogens with two attached hydrogens (primary N) is 1. The van der Waals surface area contributed by atoms with E-state index in [0.29, 0.717) is 44.1 Å². The van der Waals surface area contributed by atoms with E-state index >= 15 is 0 Å². The molecule has 1 fully saturated rings. The zero-order valence-corrected chi connectivity index (χ0v) is 16.3. The Hall–Kier alpha value is -2.40. The van der Waals surface area contributed by atoms with Crippen molar-refractivity contribution < 1.29 is 31.1 Å². The minimum Gasteiger partial charge on any atom is -0.454 e. The minimum atomic E-state index is -4.48. The number of nitrogens with zero attached hydrogens (tertiary/aromatic N) is 3. The Balaban J connectivity index is 1.40. The van der Waals surface area contributed by atoms with E-state index in [4.69, 9.17) is 5.73 Å². The van der Waals surface area contributed by atoms with Gasteiger partial charge in [0.15, 0.2) is 18.2 Å². The van der Waals surface area contributed by atoms with Gasteiger partial charge in [0.2, 0.25) is 0 Å². The summed E-state index contributed by atoms with van der Waals surface area (Å²) >= 11 is 0. The number of halogens is 6. The van der Waals surface area contributed by atoms with Gasteiger partial charge in [-0.05, 0) is 30.9 Å². The first-order valence-corrected chi connectivity index (χ1v) is 9.79. The lowest BCUT2D eigenvalue weighted by Gasteiger charge is -2.38. The smallest absolute Gasteiger partial charge is 0.422 e. The summed E-state index contributed by atoms with van der Waals surface area (Å²) in [6, 6.07) is 0.663. The molecule has 11 heteroatoms. The topological polar surface area (TPSA) is 64.3 Å². The Kier molecular flexibility index (Phi) is 5.82. The van der Waals surface area contributed by atoms with Crippen molar-refractivity contribution in [2.75, 3.05) is 6.61 Å². The van der Waals surface area contributed by atoms with Gasteiger partial charge in [-0.25, -0.2) is 18.2 Å². The summed E-state index contributed by atoms with van der Waals surface area (Å²) < 4.78 is 82.5. The second-order valence-electron chi connectivity index (χ2n) is 7.96. The maximum atomic E-state index is 14.2. The highest BCUT2D eigenvalue weighted by molar-refractivity contribution is 5.27. The fraction of sp³-hybridized carbons (Fsp3) is 0.500. The van der Waals surface area contributed by atoms with Gasteiger partial charge in [0.05, 0.1) is 5.69 Å². The van der Waals surface area contributed by atoms with Crippen molar-refractivity contribution in [3.8, 4) is 6.01 Å². The summed E-state index contributed by atoms with van der Waals surface area (Å²) in [5.74, 6) is -3.59. The molecule has 0 amide bonds. The van der Waals surface area contributed by atoms with E-state index in [1.807, 2.05) is 0 Å². The molecule has 0 saturated heterocycles. The number of fused-ring (bicyclic) bond motifs is 1. The van der Waals surface area contributed by atoms with E-state index in [1.165, 1.54) is 6.20 Å². The van der Waals surface area contributed by atoms with Gasteiger partial charge in [-0.3, -0.25) is 4.90 Å². The van der Waals surface area contributed by atoms with Crippen molar-refractivity contribution in [3.63, 3.8) is 0 Å². The molecule has 1 aliphatic carbocycles. The highest BCUT2D eigenvalue weighted by Gasteiger charge is 2.36. The third-order valence-corrected chi connectivity index (χ3v) is 5.85. The van der Waals surface area contributed by atoms with Gasteiger partial charge in [0.1, 0.15) is 5.82 Å². The molecule has 0 spiro atoms. The number of benzene rings is 1. The summed E-state index contributed by atoms with van der Waals surface area (Å²) in [4.78, 5) is 10.00. The van der Waals surface area contributed by atoms with Crippen molar-refractivity contribution >= 4 is 0 Å². The Labute approximate surface area is 174 Å². The standard InChI is InChI=1S/C20H20F6N4O/c21-14-5-16(23)15(22)4-13(14)12-2-1-11(3-17(12)27)30-7-10-6-28-19(29-18(10)8-30)31-9-20(24,25)26/h4-6,11-12,17H,1-3,7-9,27H2/t11?,12-,17?/m1/s1. The molecule has 2 aliphatic rings. The summed E-state index contributed by atoms with van der Waals surface area (Å²) in [6.07, 6.45) is -1.38. The molecule has 3 atom stereocenters. The highest BCUT2D eigenvalue weighted by atomic mass is 19.4. The second-order valence-corrected chi connectivity index (χ2v) is 7.96. The Morgan fingerprint density at radius 1 is 1.06 bits per heavy atom. The van der Waals surface area contributed by atoms with E-state index in [-0.39, 0.29) is 17.6 Å². The summed E-state index contributed by atoms with van der Waals surface area (Å²) in [7, 11) is 0. The van der Waals surface area contributed by atoms with Crippen LogP contribution in [0, 0.1) is 17.5 Å². The second kappa shape index (κ2) is 8.27. The van der Waals surface area contributed by atoms with Gasteiger partial charge in [-0.15, -0.1) is 0 Å². The zero-order valence-electron chi connectivity index (χ0n) is 16.3. The summed E-state index contributed by atoms with van der Waals surface area (Å²) in [6.45, 7) is -0.548. The molecule has 168 valence electrons. The van der Waals surface area contributed by atoms with E-state index < -0.39 is 42.2 Å². The normalized spacial score (nSPS) is 24.3. The monoisotopic (exact) mass is 446 g/mol. The molecule has 31 heavy (non-hydrogen) atoms. The van der Waals surface area contributed by atoms with Crippen LogP contribution in [0.15, 0.2) is 18.3 Å². The van der Waals surface area contributed by atoms with Crippen molar-refractivity contribution in [3.05, 3.63) is 52.6 Å². The SMILES string of the molecule is NC1CC(N2Cc3cnc(OCC(F)(F)F)nc3C2)CC[C@@H]1c1cc(F)c(F)cc1F. The zero-order chi connectivity index (χ0) is 22.3. The maximum absolute atomic E-state index is 14.2. The Bertz CT molecular complexity index is 969. The molecule has 4 rings (SSSR count). The molecule has 2 N–H and O–H groups in total. The first-order chi connectivity index (χ1) is 14.6. The number of rotatable bonds is 4. The Morgan fingerprint density at radius 3 is 2.52 bits per heavy atom. The van der Waals surface area contributed by atoms with Gasteiger partial charge in [0.25, 0.3) is 0 Å². The lowest BCUT2D eigenvalue weighted by molar-refractivity contribution is -0.154. The lowest BCUT2D eigenvalue weighted by Crippen LogP contribution is -2.44. The van der Waals surface area contributed by atoms with Crippen LogP contribution in [-0.4, -0.2) is 39.7 Å². The number of alkyl halides is 3. The van der Waals surface area contributed by atoms with E-state index in [0.717, 1.165) is 11.6 Å². The van der Waals surface area contributed by atoms with Crippen LogP contribution in [0.5, 0.6) is 6.01 Å². The molecule has 2 aromatic rings. The van der Waals surface area contributed by atoms with Gasteiger partial charge in [0, 0.05) is 48.9 Å². The highest BCUT2D eigenvalue weighted by Crippen LogP contribution is 2.38. The average Bonchev–Trinajstić information content (AvgIpc) is 3.12. The van der Waals surface area contributed by atoms with Crippen LogP contribution in [0.1, 0.15) is 42.0 Å². The van der Waals surface area contributed by atoms with Crippen LogP contribution in [0.2, 0.25) is 0 Å². The van der Waals surface area contributed by atoms with Crippen LogP contribution < -0.4 is 10.5 Å². The number of hydrogen-bond acceptors (Lipinski definition) is 5. The summed E-state index contributed by atoms with van der Waals surface area (Å²) in [5.41, 5.74) is 7.73. The predicted molar refractivity (Wildman–Crippen MR) is 97.5 cm³/mol. The average molecular weight is 446 g/mol. The quantitative estimate of drug-likeness (QED) is 0.572. The van der Waals surface area contributed by atoms with Crippen LogP contribution >= 0.6 is 0 Å². The van der Waals surface area contributed by atoms with Crippen LogP contribution in [-0.2, 0) is 13.1 Å². The molecular formula is C20H20F6N4O.